The average molecular weight is 419 g/mol. The van der Waals surface area contributed by atoms with Crippen LogP contribution in [0.4, 0.5) is 11.4 Å². The minimum Gasteiger partial charge on any atom is -0.465 e. The molecule has 8 heteroatoms. The first-order chi connectivity index (χ1) is 13.6. The van der Waals surface area contributed by atoms with Gasteiger partial charge in [-0.1, -0.05) is 19.1 Å². The van der Waals surface area contributed by atoms with Crippen molar-refractivity contribution < 1.29 is 22.7 Å². The molecule has 0 bridgehead atoms. The summed E-state index contributed by atoms with van der Waals surface area (Å²) in [5, 5.41) is 2.71. The van der Waals surface area contributed by atoms with E-state index < -0.39 is 27.9 Å². The monoisotopic (exact) mass is 418 g/mol. The number of rotatable bonds is 7. The molecule has 0 aliphatic rings. The minimum atomic E-state index is -3.73. The first-order valence-electron chi connectivity index (χ1n) is 9.13. The van der Waals surface area contributed by atoms with Gasteiger partial charge in [-0.3, -0.25) is 9.10 Å². The largest absolute Gasteiger partial charge is 0.465 e. The van der Waals surface area contributed by atoms with Crippen molar-refractivity contribution in [1.82, 2.24) is 0 Å². The van der Waals surface area contributed by atoms with Gasteiger partial charge < -0.3 is 10.1 Å². The molecule has 0 radical (unpaired) electrons. The van der Waals surface area contributed by atoms with E-state index in [4.69, 9.17) is 0 Å². The average Bonchev–Trinajstić information content (AvgIpc) is 2.63. The number of hydrogen-bond acceptors (Lipinski definition) is 5. The Morgan fingerprint density at radius 1 is 1.10 bits per heavy atom. The third kappa shape index (κ3) is 5.57. The van der Waals surface area contributed by atoms with Crippen molar-refractivity contribution in [3.05, 3.63) is 59.2 Å². The molecule has 0 aliphatic carbocycles. The number of amides is 1. The van der Waals surface area contributed by atoms with Crippen molar-refractivity contribution in [2.75, 3.05) is 23.0 Å². The van der Waals surface area contributed by atoms with Crippen LogP contribution in [0.2, 0.25) is 0 Å². The number of nitrogens with one attached hydrogen (secondary N) is 1. The lowest BCUT2D eigenvalue weighted by atomic mass is 10.1. The van der Waals surface area contributed by atoms with Crippen LogP contribution in [0.1, 0.15) is 34.8 Å². The molecule has 0 spiro atoms. The van der Waals surface area contributed by atoms with Crippen molar-refractivity contribution in [1.29, 1.82) is 0 Å². The van der Waals surface area contributed by atoms with Crippen LogP contribution in [0, 0.1) is 13.8 Å². The number of carbonyl (C=O) groups is 2. The van der Waals surface area contributed by atoms with E-state index in [2.05, 4.69) is 10.1 Å². The fraction of sp³-hybridized carbons (Fsp3) is 0.333. The van der Waals surface area contributed by atoms with E-state index in [-0.39, 0.29) is 12.0 Å². The molecule has 2 aromatic rings. The predicted octanol–water partition coefficient (Wildman–Crippen LogP) is 3.27. The number of nitrogens with zero attached hydrogens (tertiary/aromatic N) is 1. The molecule has 7 nitrogen and oxygen atoms in total. The smallest absolute Gasteiger partial charge is 0.337 e. The molecule has 29 heavy (non-hydrogen) atoms. The highest BCUT2D eigenvalue weighted by atomic mass is 32.2. The van der Waals surface area contributed by atoms with Gasteiger partial charge in [0.1, 0.15) is 6.04 Å². The summed E-state index contributed by atoms with van der Waals surface area (Å²) < 4.78 is 31.0. The zero-order valence-electron chi connectivity index (χ0n) is 17.2. The second-order valence-electron chi connectivity index (χ2n) is 6.89. The van der Waals surface area contributed by atoms with Gasteiger partial charge in [0.25, 0.3) is 0 Å². The molecular formula is C21H26N2O5S. The number of anilines is 2. The minimum absolute atomic E-state index is 0.266. The first kappa shape index (κ1) is 22.4. The Morgan fingerprint density at radius 3 is 2.24 bits per heavy atom. The quantitative estimate of drug-likeness (QED) is 0.697. The van der Waals surface area contributed by atoms with E-state index >= 15 is 0 Å². The van der Waals surface area contributed by atoms with Gasteiger partial charge >= 0.3 is 5.97 Å². The standard InChI is InChI=1S/C21H26N2O5S/c1-6-19(20(24)22-17-9-7-8-16(13-17)21(25)28-4)23(29(5,26)27)18-11-14(2)10-15(3)12-18/h7-13,19H,6H2,1-5H3,(H,22,24). The molecule has 156 valence electrons. The molecule has 1 N–H and O–H groups in total. The molecule has 0 heterocycles. The zero-order chi connectivity index (χ0) is 21.8. The van der Waals surface area contributed by atoms with E-state index in [1.54, 1.807) is 37.3 Å². The van der Waals surface area contributed by atoms with Crippen molar-refractivity contribution in [3.63, 3.8) is 0 Å². The SMILES string of the molecule is CCC(C(=O)Nc1cccc(C(=O)OC)c1)N(c1cc(C)cc(C)c1)S(C)(=O)=O. The van der Waals surface area contributed by atoms with Crippen LogP contribution in [0.3, 0.4) is 0 Å². The molecule has 1 amide bonds. The Bertz CT molecular complexity index is 997. The molecule has 0 aliphatic heterocycles. The highest BCUT2D eigenvalue weighted by molar-refractivity contribution is 7.92. The number of esters is 1. The summed E-state index contributed by atoms with van der Waals surface area (Å²) in [5.41, 5.74) is 2.90. The van der Waals surface area contributed by atoms with Crippen molar-refractivity contribution in [2.45, 2.75) is 33.2 Å². The highest BCUT2D eigenvalue weighted by Crippen LogP contribution is 2.26. The number of hydrogen-bond donors (Lipinski definition) is 1. The molecule has 0 saturated carbocycles. The second-order valence-corrected chi connectivity index (χ2v) is 8.75. The number of carbonyl (C=O) groups excluding carboxylic acids is 2. The van der Waals surface area contributed by atoms with E-state index in [1.165, 1.54) is 13.2 Å². The van der Waals surface area contributed by atoms with Crippen LogP contribution in [0.5, 0.6) is 0 Å². The van der Waals surface area contributed by atoms with E-state index in [1.807, 2.05) is 19.9 Å². The lowest BCUT2D eigenvalue weighted by Gasteiger charge is -2.30. The summed E-state index contributed by atoms with van der Waals surface area (Å²) >= 11 is 0. The Hall–Kier alpha value is -2.87. The normalized spacial score (nSPS) is 12.2. The van der Waals surface area contributed by atoms with Crippen molar-refractivity contribution >= 4 is 33.3 Å². The zero-order valence-corrected chi connectivity index (χ0v) is 18.0. The molecule has 0 saturated heterocycles. The maximum Gasteiger partial charge on any atom is 0.337 e. The van der Waals surface area contributed by atoms with Gasteiger partial charge in [0.15, 0.2) is 0 Å². The summed E-state index contributed by atoms with van der Waals surface area (Å²) in [7, 11) is -2.45. The number of benzene rings is 2. The molecule has 0 fully saturated rings. The summed E-state index contributed by atoms with van der Waals surface area (Å²) in [6.07, 6.45) is 1.35. The maximum absolute atomic E-state index is 13.0. The van der Waals surface area contributed by atoms with Crippen LogP contribution in [0.25, 0.3) is 0 Å². The topological polar surface area (TPSA) is 92.8 Å². The van der Waals surface area contributed by atoms with Crippen LogP contribution in [0.15, 0.2) is 42.5 Å². The van der Waals surface area contributed by atoms with Gasteiger partial charge in [-0.25, -0.2) is 13.2 Å². The third-order valence-corrected chi connectivity index (χ3v) is 5.52. The van der Waals surface area contributed by atoms with E-state index in [9.17, 15) is 18.0 Å². The van der Waals surface area contributed by atoms with E-state index in [0.29, 0.717) is 11.4 Å². The highest BCUT2D eigenvalue weighted by Gasteiger charge is 2.31. The Kier molecular flexibility index (Phi) is 7.02. The number of ether oxygens (including phenoxy) is 1. The van der Waals surface area contributed by atoms with Gasteiger partial charge in [-0.05, 0) is 61.7 Å². The van der Waals surface area contributed by atoms with Crippen LogP contribution >= 0.6 is 0 Å². The Labute approximate surface area is 171 Å². The fourth-order valence-corrected chi connectivity index (χ4v) is 4.40. The van der Waals surface area contributed by atoms with Crippen molar-refractivity contribution in [2.24, 2.45) is 0 Å². The van der Waals surface area contributed by atoms with Gasteiger partial charge in [-0.2, -0.15) is 0 Å². The maximum atomic E-state index is 13.0. The third-order valence-electron chi connectivity index (χ3n) is 4.34. The summed E-state index contributed by atoms with van der Waals surface area (Å²) in [4.78, 5) is 24.7. The predicted molar refractivity (Wildman–Crippen MR) is 114 cm³/mol. The Balaban J connectivity index is 2.40. The summed E-state index contributed by atoms with van der Waals surface area (Å²) in [5.74, 6) is -1.01. The molecular weight excluding hydrogens is 392 g/mol. The van der Waals surface area contributed by atoms with Crippen LogP contribution < -0.4 is 9.62 Å². The molecule has 0 aromatic heterocycles. The van der Waals surface area contributed by atoms with Gasteiger partial charge in [-0.15, -0.1) is 0 Å². The molecule has 1 unspecified atom stereocenters. The van der Waals surface area contributed by atoms with Gasteiger partial charge in [0.2, 0.25) is 15.9 Å². The van der Waals surface area contributed by atoms with Crippen LogP contribution in [-0.4, -0.2) is 39.7 Å². The molecule has 2 rings (SSSR count). The number of aryl methyl sites for hydroxylation is 2. The van der Waals surface area contributed by atoms with Gasteiger partial charge in [0, 0.05) is 5.69 Å². The molecule has 2 aromatic carbocycles. The summed E-state index contributed by atoms with van der Waals surface area (Å²) in [6, 6.07) is 10.7. The number of methoxy groups -OCH3 is 1. The molecule has 1 atom stereocenters. The van der Waals surface area contributed by atoms with Crippen molar-refractivity contribution in [3.8, 4) is 0 Å². The Morgan fingerprint density at radius 2 is 1.72 bits per heavy atom. The van der Waals surface area contributed by atoms with E-state index in [0.717, 1.165) is 21.7 Å². The lowest BCUT2D eigenvalue weighted by molar-refractivity contribution is -0.117. The van der Waals surface area contributed by atoms with Crippen LogP contribution in [-0.2, 0) is 19.6 Å². The second kappa shape index (κ2) is 9.09. The fourth-order valence-electron chi connectivity index (χ4n) is 3.21. The first-order valence-corrected chi connectivity index (χ1v) is 11.0. The number of sulfonamides is 1. The summed E-state index contributed by atoms with van der Waals surface area (Å²) in [6.45, 7) is 5.49. The van der Waals surface area contributed by atoms with Gasteiger partial charge in [0.05, 0.1) is 24.6 Å². The lowest BCUT2D eigenvalue weighted by Crippen LogP contribution is -2.47.